The number of sulfonamides is 1. The van der Waals surface area contributed by atoms with E-state index < -0.39 is 10.0 Å². The van der Waals surface area contributed by atoms with Crippen molar-refractivity contribution in [1.82, 2.24) is 9.38 Å². The van der Waals surface area contributed by atoms with Crippen LogP contribution in [0.25, 0.3) is 16.2 Å². The summed E-state index contributed by atoms with van der Waals surface area (Å²) in [5.41, 5.74) is 2.58. The van der Waals surface area contributed by atoms with Gasteiger partial charge in [0.25, 0.3) is 10.0 Å². The first-order chi connectivity index (χ1) is 13.3. The van der Waals surface area contributed by atoms with Crippen LogP contribution in [0.5, 0.6) is 0 Å². The van der Waals surface area contributed by atoms with E-state index in [2.05, 4.69) is 9.71 Å². The minimum absolute atomic E-state index is 0.0272. The van der Waals surface area contributed by atoms with Crippen LogP contribution in [0.3, 0.4) is 0 Å². The Bertz CT molecular complexity index is 1290. The van der Waals surface area contributed by atoms with Crippen LogP contribution in [0, 0.1) is 6.92 Å². The molecule has 4 rings (SSSR count). The lowest BCUT2D eigenvalue weighted by Gasteiger charge is -2.10. The van der Waals surface area contributed by atoms with Crippen molar-refractivity contribution in [2.24, 2.45) is 0 Å². The normalized spacial score (nSPS) is 11.6. The molecule has 4 aromatic rings. The van der Waals surface area contributed by atoms with Gasteiger partial charge in [-0.1, -0.05) is 18.2 Å². The van der Waals surface area contributed by atoms with Crippen molar-refractivity contribution in [3.63, 3.8) is 0 Å². The first-order valence-electron chi connectivity index (χ1n) is 8.51. The van der Waals surface area contributed by atoms with Crippen molar-refractivity contribution in [3.8, 4) is 10.6 Å². The molecule has 1 N–H and O–H groups in total. The Morgan fingerprint density at radius 2 is 1.96 bits per heavy atom. The Morgan fingerprint density at radius 1 is 1.14 bits per heavy atom. The summed E-state index contributed by atoms with van der Waals surface area (Å²) in [5, 5.41) is 1.92. The summed E-state index contributed by atoms with van der Waals surface area (Å²) < 4.78 is 30.5. The highest BCUT2D eigenvalue weighted by Gasteiger charge is 2.22. The Morgan fingerprint density at radius 3 is 2.68 bits per heavy atom. The molecule has 0 fully saturated rings. The van der Waals surface area contributed by atoms with Crippen LogP contribution in [0.15, 0.2) is 65.0 Å². The number of nitrogens with zero attached hydrogens (tertiary/aromatic N) is 2. The number of rotatable bonds is 5. The van der Waals surface area contributed by atoms with Crippen LogP contribution in [-0.2, 0) is 10.0 Å². The van der Waals surface area contributed by atoms with Crippen LogP contribution in [0.4, 0.5) is 5.82 Å². The number of aromatic nitrogens is 2. The molecule has 3 aromatic heterocycles. The number of thiophene rings is 1. The van der Waals surface area contributed by atoms with Gasteiger partial charge in [-0.3, -0.25) is 13.9 Å². The van der Waals surface area contributed by atoms with Crippen molar-refractivity contribution in [1.29, 1.82) is 0 Å². The van der Waals surface area contributed by atoms with Crippen LogP contribution in [-0.4, -0.2) is 23.6 Å². The van der Waals surface area contributed by atoms with Gasteiger partial charge >= 0.3 is 0 Å². The summed E-state index contributed by atoms with van der Waals surface area (Å²) in [4.78, 5) is 17.1. The largest absolute Gasteiger partial charge is 0.295 e. The fourth-order valence-electron chi connectivity index (χ4n) is 2.90. The third-order valence-corrected chi connectivity index (χ3v) is 6.53. The number of imidazole rings is 1. The Hall–Kier alpha value is -2.97. The molecule has 0 aliphatic heterocycles. The first-order valence-corrected chi connectivity index (χ1v) is 10.9. The quantitative estimate of drug-likeness (QED) is 0.494. The molecule has 0 saturated heterocycles. The van der Waals surface area contributed by atoms with Crippen molar-refractivity contribution in [3.05, 3.63) is 71.2 Å². The van der Waals surface area contributed by atoms with Crippen molar-refractivity contribution < 1.29 is 13.2 Å². The second-order valence-electron chi connectivity index (χ2n) is 6.41. The molecule has 0 aliphatic carbocycles. The summed E-state index contributed by atoms with van der Waals surface area (Å²) in [5.74, 6) is 0.173. The molecular weight excluding hydrogens is 394 g/mol. The van der Waals surface area contributed by atoms with Crippen molar-refractivity contribution >= 4 is 38.6 Å². The maximum absolute atomic E-state index is 13.0. The lowest BCUT2D eigenvalue weighted by atomic mass is 10.2. The van der Waals surface area contributed by atoms with Crippen molar-refractivity contribution in [2.45, 2.75) is 18.7 Å². The Kier molecular flexibility index (Phi) is 4.52. The van der Waals surface area contributed by atoms with E-state index in [0.717, 1.165) is 10.4 Å². The number of nitrogens with one attached hydrogen (secondary N) is 1. The number of fused-ring (bicyclic) bond motifs is 1. The highest BCUT2D eigenvalue weighted by atomic mass is 32.2. The van der Waals surface area contributed by atoms with Gasteiger partial charge in [0, 0.05) is 11.8 Å². The van der Waals surface area contributed by atoms with E-state index in [1.807, 2.05) is 36.6 Å². The van der Waals surface area contributed by atoms with Gasteiger partial charge in [-0.15, -0.1) is 11.3 Å². The monoisotopic (exact) mass is 411 g/mol. The SMILES string of the molecule is CC(=O)c1cccc(S(=O)(=O)Nc2c(-c3cccs3)nc3cc(C)ccn23)c1. The number of Topliss-reactive ketones (excluding diaryl/α,β-unsaturated/α-hetero) is 1. The number of hydrogen-bond donors (Lipinski definition) is 1. The second kappa shape index (κ2) is 6.88. The molecule has 0 atom stereocenters. The average molecular weight is 412 g/mol. The van der Waals surface area contributed by atoms with Gasteiger partial charge in [0.05, 0.1) is 9.77 Å². The van der Waals surface area contributed by atoms with E-state index in [1.54, 1.807) is 22.7 Å². The highest BCUT2D eigenvalue weighted by molar-refractivity contribution is 7.92. The molecular formula is C20H17N3O3S2. The lowest BCUT2D eigenvalue weighted by molar-refractivity contribution is 0.101. The average Bonchev–Trinajstić information content (AvgIpc) is 3.29. The standard InChI is InChI=1S/C20H17N3O3S2/c1-13-8-9-23-18(11-13)21-19(17-7-4-10-27-17)20(23)22-28(25,26)16-6-3-5-15(12-16)14(2)24/h3-12,22H,1-2H3. The molecule has 3 heterocycles. The summed E-state index contributed by atoms with van der Waals surface area (Å²) in [6.07, 6.45) is 1.79. The van der Waals surface area contributed by atoms with E-state index in [0.29, 0.717) is 22.7 Å². The summed E-state index contributed by atoms with van der Waals surface area (Å²) in [6, 6.07) is 13.6. The maximum Gasteiger partial charge on any atom is 0.263 e. The van der Waals surface area contributed by atoms with Crippen LogP contribution < -0.4 is 4.72 Å². The molecule has 8 heteroatoms. The second-order valence-corrected chi connectivity index (χ2v) is 9.04. The van der Waals surface area contributed by atoms with Gasteiger partial charge in [-0.05, 0) is 55.1 Å². The minimum atomic E-state index is -3.91. The highest BCUT2D eigenvalue weighted by Crippen LogP contribution is 2.33. The number of benzene rings is 1. The van der Waals surface area contributed by atoms with Gasteiger partial charge in [-0.2, -0.15) is 0 Å². The number of aryl methyl sites for hydroxylation is 1. The number of ketones is 1. The molecule has 0 unspecified atom stereocenters. The predicted octanol–water partition coefficient (Wildman–Crippen LogP) is 4.37. The first kappa shape index (κ1) is 18.4. The fourth-order valence-corrected chi connectivity index (χ4v) is 4.72. The molecule has 142 valence electrons. The molecule has 0 bridgehead atoms. The smallest absolute Gasteiger partial charge is 0.263 e. The molecule has 0 spiro atoms. The third kappa shape index (κ3) is 3.32. The topological polar surface area (TPSA) is 80.5 Å². The van der Waals surface area contributed by atoms with Crippen LogP contribution in [0.2, 0.25) is 0 Å². The van der Waals surface area contributed by atoms with E-state index in [1.165, 1.54) is 30.4 Å². The van der Waals surface area contributed by atoms with Gasteiger partial charge in [0.2, 0.25) is 0 Å². The molecule has 0 saturated carbocycles. The number of hydrogen-bond acceptors (Lipinski definition) is 5. The van der Waals surface area contributed by atoms with E-state index in [4.69, 9.17) is 0 Å². The van der Waals surface area contributed by atoms with Crippen LogP contribution >= 0.6 is 11.3 Å². The fraction of sp³-hybridized carbons (Fsp3) is 0.100. The van der Waals surface area contributed by atoms with Crippen LogP contribution in [0.1, 0.15) is 22.8 Å². The Labute approximate surface area is 166 Å². The van der Waals surface area contributed by atoms with E-state index >= 15 is 0 Å². The van der Waals surface area contributed by atoms with Gasteiger partial charge < -0.3 is 0 Å². The van der Waals surface area contributed by atoms with Gasteiger partial charge in [0.15, 0.2) is 11.6 Å². The number of anilines is 1. The zero-order chi connectivity index (χ0) is 19.9. The van der Waals surface area contributed by atoms with Gasteiger partial charge in [-0.25, -0.2) is 13.4 Å². The minimum Gasteiger partial charge on any atom is -0.295 e. The molecule has 0 aliphatic rings. The third-order valence-electron chi connectivity index (χ3n) is 4.32. The molecule has 6 nitrogen and oxygen atoms in total. The number of carbonyl (C=O) groups excluding carboxylic acids is 1. The number of carbonyl (C=O) groups is 1. The molecule has 0 radical (unpaired) electrons. The number of pyridine rings is 1. The summed E-state index contributed by atoms with van der Waals surface area (Å²) in [6.45, 7) is 3.36. The predicted molar refractivity (Wildman–Crippen MR) is 110 cm³/mol. The summed E-state index contributed by atoms with van der Waals surface area (Å²) in [7, 11) is -3.91. The Balaban J connectivity index is 1.86. The van der Waals surface area contributed by atoms with Gasteiger partial charge in [0.1, 0.15) is 11.3 Å². The zero-order valence-electron chi connectivity index (χ0n) is 15.2. The zero-order valence-corrected chi connectivity index (χ0v) is 16.8. The molecule has 28 heavy (non-hydrogen) atoms. The molecule has 1 aromatic carbocycles. The lowest BCUT2D eigenvalue weighted by Crippen LogP contribution is -2.15. The van der Waals surface area contributed by atoms with E-state index in [-0.39, 0.29) is 10.7 Å². The molecule has 0 amide bonds. The van der Waals surface area contributed by atoms with Crippen molar-refractivity contribution in [2.75, 3.05) is 4.72 Å². The maximum atomic E-state index is 13.0. The summed E-state index contributed by atoms with van der Waals surface area (Å²) >= 11 is 1.48. The van der Waals surface area contributed by atoms with E-state index in [9.17, 15) is 13.2 Å².